The largest absolute Gasteiger partial charge is 0.301 e. The number of nitrogens with one attached hydrogen (secondary N) is 1. The van der Waals surface area contributed by atoms with E-state index in [9.17, 15) is 0 Å². The molecule has 4 heteroatoms. The minimum atomic E-state index is 0.753. The molecule has 1 N–H and O–H groups in total. The third-order valence-corrected chi connectivity index (χ3v) is 2.99. The molecule has 0 spiro atoms. The molecule has 0 atom stereocenters. The van der Waals surface area contributed by atoms with Gasteiger partial charge in [-0.3, -0.25) is 0 Å². The molecule has 0 aliphatic rings. The summed E-state index contributed by atoms with van der Waals surface area (Å²) in [5.41, 5.74) is 0. The van der Waals surface area contributed by atoms with Gasteiger partial charge in [0.1, 0.15) is 4.64 Å². The van der Waals surface area contributed by atoms with Crippen LogP contribution in [0, 0.1) is 4.64 Å². The second-order valence-electron chi connectivity index (χ2n) is 2.17. The first-order chi connectivity index (χ1) is 5.27. The van der Waals surface area contributed by atoms with Gasteiger partial charge in [0, 0.05) is 10.4 Å². The number of fused-ring (bicyclic) bond motifs is 1. The van der Waals surface area contributed by atoms with Crippen molar-refractivity contribution in [2.24, 2.45) is 0 Å². The van der Waals surface area contributed by atoms with E-state index in [0.29, 0.717) is 0 Å². The van der Waals surface area contributed by atoms with Crippen molar-refractivity contribution in [2.75, 3.05) is 0 Å². The SMILES string of the molecule is S=c1[nH]sc2cc(Cl)ccc12. The number of aromatic amines is 1. The van der Waals surface area contributed by atoms with Crippen molar-refractivity contribution in [3.05, 3.63) is 27.9 Å². The smallest absolute Gasteiger partial charge is 0.121 e. The van der Waals surface area contributed by atoms with Crippen molar-refractivity contribution in [1.29, 1.82) is 0 Å². The number of halogens is 1. The molecule has 2 aromatic rings. The molecule has 0 fully saturated rings. The maximum Gasteiger partial charge on any atom is 0.121 e. The number of benzene rings is 1. The van der Waals surface area contributed by atoms with E-state index in [1.54, 1.807) is 0 Å². The lowest BCUT2D eigenvalue weighted by molar-refractivity contribution is 1.56. The van der Waals surface area contributed by atoms with Crippen LogP contribution >= 0.6 is 35.4 Å². The van der Waals surface area contributed by atoms with Gasteiger partial charge in [-0.25, -0.2) is 0 Å². The van der Waals surface area contributed by atoms with E-state index in [-0.39, 0.29) is 0 Å². The Hall–Kier alpha value is -0.380. The number of hydrogen-bond donors (Lipinski definition) is 1. The Morgan fingerprint density at radius 1 is 1.45 bits per heavy atom. The van der Waals surface area contributed by atoms with Crippen molar-refractivity contribution < 1.29 is 0 Å². The van der Waals surface area contributed by atoms with Gasteiger partial charge in [0.05, 0.1) is 4.70 Å². The van der Waals surface area contributed by atoms with Crippen LogP contribution in [0.2, 0.25) is 5.02 Å². The Morgan fingerprint density at radius 3 is 3.09 bits per heavy atom. The van der Waals surface area contributed by atoms with Gasteiger partial charge >= 0.3 is 0 Å². The molecule has 1 heterocycles. The summed E-state index contributed by atoms with van der Waals surface area (Å²) in [4.78, 5) is 0. The van der Waals surface area contributed by atoms with Gasteiger partial charge in [-0.05, 0) is 18.2 Å². The molecule has 0 saturated carbocycles. The summed E-state index contributed by atoms with van der Waals surface area (Å²) in [5, 5.41) is 1.83. The lowest BCUT2D eigenvalue weighted by Gasteiger charge is -1.87. The average Bonchev–Trinajstić information content (AvgIpc) is 2.32. The highest BCUT2D eigenvalue weighted by atomic mass is 35.5. The van der Waals surface area contributed by atoms with Gasteiger partial charge in [0.2, 0.25) is 0 Å². The number of rotatable bonds is 0. The summed E-state index contributed by atoms with van der Waals surface area (Å²) >= 11 is 12.3. The normalized spacial score (nSPS) is 10.6. The second-order valence-corrected chi connectivity index (χ2v) is 3.87. The van der Waals surface area contributed by atoms with E-state index in [1.807, 2.05) is 18.2 Å². The van der Waals surface area contributed by atoms with Crippen LogP contribution in [-0.2, 0) is 0 Å². The first-order valence-corrected chi connectivity index (χ1v) is 4.64. The van der Waals surface area contributed by atoms with Crippen LogP contribution in [0.15, 0.2) is 18.2 Å². The summed E-state index contributed by atoms with van der Waals surface area (Å²) in [6.07, 6.45) is 0. The maximum atomic E-state index is 5.79. The first kappa shape index (κ1) is 7.28. The molecule has 0 radical (unpaired) electrons. The molecule has 11 heavy (non-hydrogen) atoms. The summed E-state index contributed by atoms with van der Waals surface area (Å²) in [7, 11) is 0. The van der Waals surface area contributed by atoms with Gasteiger partial charge in [-0.15, -0.1) is 0 Å². The van der Waals surface area contributed by atoms with Gasteiger partial charge in [-0.2, -0.15) is 0 Å². The van der Waals surface area contributed by atoms with Crippen molar-refractivity contribution in [1.82, 2.24) is 4.37 Å². The third-order valence-electron chi connectivity index (χ3n) is 1.44. The van der Waals surface area contributed by atoms with Crippen LogP contribution in [0.3, 0.4) is 0 Å². The highest BCUT2D eigenvalue weighted by molar-refractivity contribution is 7.71. The average molecular weight is 202 g/mol. The zero-order chi connectivity index (χ0) is 7.84. The van der Waals surface area contributed by atoms with Crippen LogP contribution < -0.4 is 0 Å². The fraction of sp³-hybridized carbons (Fsp3) is 0. The highest BCUT2D eigenvalue weighted by Gasteiger charge is 1.97. The Balaban J connectivity index is 2.97. The fourth-order valence-electron chi connectivity index (χ4n) is 0.925. The maximum absolute atomic E-state index is 5.79. The predicted molar refractivity (Wildman–Crippen MR) is 52.0 cm³/mol. The molecule has 1 aromatic heterocycles. The molecule has 56 valence electrons. The number of hydrogen-bond acceptors (Lipinski definition) is 2. The molecule has 0 bridgehead atoms. The standard InChI is InChI=1S/C7H4ClNS2/c8-4-1-2-5-6(3-4)11-9-7(5)10/h1-3H,(H,9,10). The molecule has 0 amide bonds. The summed E-state index contributed by atoms with van der Waals surface area (Å²) in [5.74, 6) is 0. The quantitative estimate of drug-likeness (QED) is 0.644. The zero-order valence-corrected chi connectivity index (χ0v) is 7.82. The Kier molecular flexibility index (Phi) is 1.71. The van der Waals surface area contributed by atoms with Crippen molar-refractivity contribution in [3.63, 3.8) is 0 Å². The van der Waals surface area contributed by atoms with Crippen LogP contribution in [0.5, 0.6) is 0 Å². The molecule has 2 rings (SSSR count). The van der Waals surface area contributed by atoms with Crippen molar-refractivity contribution >= 4 is 45.4 Å². The lowest BCUT2D eigenvalue weighted by Crippen LogP contribution is -1.63. The van der Waals surface area contributed by atoms with E-state index in [1.165, 1.54) is 11.5 Å². The summed E-state index contributed by atoms with van der Waals surface area (Å²) in [6, 6.07) is 5.70. The molecular weight excluding hydrogens is 198 g/mol. The van der Waals surface area contributed by atoms with Gasteiger partial charge < -0.3 is 4.37 Å². The molecule has 0 unspecified atom stereocenters. The van der Waals surface area contributed by atoms with Gasteiger partial charge in [0.25, 0.3) is 0 Å². The van der Waals surface area contributed by atoms with Crippen LogP contribution in [-0.4, -0.2) is 4.37 Å². The molecule has 1 aromatic carbocycles. The number of H-pyrrole nitrogens is 1. The first-order valence-electron chi connectivity index (χ1n) is 3.04. The molecule has 0 aliphatic heterocycles. The minimum Gasteiger partial charge on any atom is -0.301 e. The number of aromatic nitrogens is 1. The predicted octanol–water partition coefficient (Wildman–Crippen LogP) is 3.61. The van der Waals surface area contributed by atoms with Gasteiger partial charge in [0.15, 0.2) is 0 Å². The fourth-order valence-corrected chi connectivity index (χ4v) is 2.31. The van der Waals surface area contributed by atoms with E-state index >= 15 is 0 Å². The highest BCUT2D eigenvalue weighted by Crippen LogP contribution is 2.23. The Morgan fingerprint density at radius 2 is 2.27 bits per heavy atom. The minimum absolute atomic E-state index is 0.753. The Labute approximate surface area is 77.8 Å². The molecule has 1 nitrogen and oxygen atoms in total. The van der Waals surface area contributed by atoms with Crippen LogP contribution in [0.25, 0.3) is 10.1 Å². The van der Waals surface area contributed by atoms with E-state index in [4.69, 9.17) is 23.8 Å². The van der Waals surface area contributed by atoms with Crippen molar-refractivity contribution in [2.45, 2.75) is 0 Å². The molecular formula is C7H4ClNS2. The van der Waals surface area contributed by atoms with Crippen LogP contribution in [0.4, 0.5) is 0 Å². The van der Waals surface area contributed by atoms with Crippen LogP contribution in [0.1, 0.15) is 0 Å². The van der Waals surface area contributed by atoms with E-state index < -0.39 is 0 Å². The lowest BCUT2D eigenvalue weighted by atomic mass is 10.3. The topological polar surface area (TPSA) is 15.8 Å². The van der Waals surface area contributed by atoms with E-state index in [0.717, 1.165) is 19.7 Å². The zero-order valence-electron chi connectivity index (χ0n) is 5.43. The third kappa shape index (κ3) is 1.20. The summed E-state index contributed by atoms with van der Waals surface area (Å²) in [6.45, 7) is 0. The Bertz CT molecular complexity index is 443. The monoisotopic (exact) mass is 201 g/mol. The summed E-state index contributed by atoms with van der Waals surface area (Å²) < 4.78 is 4.91. The second kappa shape index (κ2) is 2.59. The molecule has 0 saturated heterocycles. The van der Waals surface area contributed by atoms with Gasteiger partial charge in [-0.1, -0.05) is 35.4 Å². The molecule has 0 aliphatic carbocycles. The van der Waals surface area contributed by atoms with Crippen molar-refractivity contribution in [3.8, 4) is 0 Å². The van der Waals surface area contributed by atoms with E-state index in [2.05, 4.69) is 4.37 Å².